The smallest absolute Gasteiger partial charge is 0.289 e. The average Bonchev–Trinajstić information content (AvgIpc) is 2.74. The van der Waals surface area contributed by atoms with Crippen LogP contribution >= 0.6 is 11.6 Å². The van der Waals surface area contributed by atoms with Crippen molar-refractivity contribution in [1.82, 2.24) is 14.8 Å². The lowest BCUT2D eigenvalue weighted by Gasteiger charge is -2.34. The van der Waals surface area contributed by atoms with E-state index in [0.717, 1.165) is 37.3 Å². The van der Waals surface area contributed by atoms with Crippen molar-refractivity contribution in [2.24, 2.45) is 0 Å². The minimum absolute atomic E-state index is 0.0751. The number of hydrogen-bond acceptors (Lipinski definition) is 5. The fourth-order valence-electron chi connectivity index (χ4n) is 3.53. The zero-order chi connectivity index (χ0) is 20.4. The Morgan fingerprint density at radius 2 is 1.97 bits per heavy atom. The summed E-state index contributed by atoms with van der Waals surface area (Å²) in [5.74, 6) is -0.174. The quantitative estimate of drug-likeness (QED) is 0.659. The number of hydrogen-bond donors (Lipinski definition) is 0. The molecule has 1 fully saturated rings. The van der Waals surface area contributed by atoms with Crippen LogP contribution in [0.4, 0.5) is 0 Å². The third kappa shape index (κ3) is 4.33. The second kappa shape index (κ2) is 8.35. The summed E-state index contributed by atoms with van der Waals surface area (Å²) < 4.78 is 5.75. The predicted octanol–water partition coefficient (Wildman–Crippen LogP) is 3.15. The number of aromatic nitrogens is 1. The molecule has 4 rings (SSSR count). The van der Waals surface area contributed by atoms with Crippen LogP contribution in [0.5, 0.6) is 0 Å². The number of amides is 1. The minimum Gasteiger partial charge on any atom is -0.451 e. The van der Waals surface area contributed by atoms with E-state index in [4.69, 9.17) is 16.0 Å². The van der Waals surface area contributed by atoms with E-state index in [9.17, 15) is 9.59 Å². The Balaban J connectivity index is 1.42. The maximum Gasteiger partial charge on any atom is 0.289 e. The molecule has 0 unspecified atom stereocenters. The van der Waals surface area contributed by atoms with Crippen molar-refractivity contribution < 1.29 is 9.21 Å². The van der Waals surface area contributed by atoms with Crippen molar-refractivity contribution >= 4 is 28.5 Å². The fraction of sp³-hybridized carbons (Fsp3) is 0.318. The highest BCUT2D eigenvalue weighted by Crippen LogP contribution is 2.22. The number of carbonyl (C=O) groups is 1. The third-order valence-electron chi connectivity index (χ3n) is 5.29. The monoisotopic (exact) mass is 411 g/mol. The Morgan fingerprint density at radius 1 is 1.17 bits per heavy atom. The van der Waals surface area contributed by atoms with Gasteiger partial charge in [-0.1, -0.05) is 17.7 Å². The molecule has 0 saturated carbocycles. The lowest BCUT2D eigenvalue weighted by molar-refractivity contribution is 0.0608. The average molecular weight is 412 g/mol. The summed E-state index contributed by atoms with van der Waals surface area (Å²) in [5.41, 5.74) is 2.00. The second-order valence-electron chi connectivity index (χ2n) is 7.28. The van der Waals surface area contributed by atoms with Crippen LogP contribution in [0.15, 0.2) is 51.8 Å². The van der Waals surface area contributed by atoms with Crippen molar-refractivity contribution in [3.05, 3.63) is 74.9 Å². The van der Waals surface area contributed by atoms with Crippen molar-refractivity contribution in [1.29, 1.82) is 0 Å². The van der Waals surface area contributed by atoms with E-state index in [1.807, 2.05) is 25.1 Å². The summed E-state index contributed by atoms with van der Waals surface area (Å²) in [6, 6.07) is 10.5. The van der Waals surface area contributed by atoms with Crippen LogP contribution < -0.4 is 5.43 Å². The van der Waals surface area contributed by atoms with Crippen molar-refractivity contribution in [2.45, 2.75) is 13.3 Å². The molecule has 1 aliphatic heterocycles. The van der Waals surface area contributed by atoms with Crippen LogP contribution in [0.1, 0.15) is 21.8 Å². The molecule has 1 aliphatic rings. The van der Waals surface area contributed by atoms with Gasteiger partial charge in [-0.15, -0.1) is 0 Å². The van der Waals surface area contributed by atoms with Crippen LogP contribution in [0.2, 0.25) is 5.02 Å². The van der Waals surface area contributed by atoms with Gasteiger partial charge in [0.05, 0.1) is 5.39 Å². The Labute approximate surface area is 173 Å². The summed E-state index contributed by atoms with van der Waals surface area (Å²) in [5, 5.41) is 0.891. The number of benzene rings is 1. The van der Waals surface area contributed by atoms with Gasteiger partial charge in [0.15, 0.2) is 11.2 Å². The number of pyridine rings is 1. The summed E-state index contributed by atoms with van der Waals surface area (Å²) in [4.78, 5) is 33.7. The molecule has 0 radical (unpaired) electrons. The van der Waals surface area contributed by atoms with E-state index < -0.39 is 0 Å². The summed E-state index contributed by atoms with van der Waals surface area (Å²) in [6.45, 7) is 5.51. The molecule has 0 bridgehead atoms. The van der Waals surface area contributed by atoms with Gasteiger partial charge in [0, 0.05) is 62.1 Å². The molecule has 150 valence electrons. The van der Waals surface area contributed by atoms with E-state index >= 15 is 0 Å². The first-order valence-electron chi connectivity index (χ1n) is 9.67. The van der Waals surface area contributed by atoms with Crippen molar-refractivity contribution in [3.63, 3.8) is 0 Å². The molecule has 2 aromatic heterocycles. The lowest BCUT2D eigenvalue weighted by atomic mass is 10.1. The SMILES string of the molecule is Cc1cc2oc(C(=O)N3CCN(CCc4ccccn4)CC3)cc(=O)c2cc1Cl. The van der Waals surface area contributed by atoms with E-state index in [1.54, 1.807) is 23.2 Å². The second-order valence-corrected chi connectivity index (χ2v) is 7.68. The molecule has 0 atom stereocenters. The molecule has 3 heterocycles. The number of fused-ring (bicyclic) bond motifs is 1. The molecule has 1 aromatic carbocycles. The Kier molecular flexibility index (Phi) is 5.65. The molecule has 1 amide bonds. The third-order valence-corrected chi connectivity index (χ3v) is 5.70. The lowest BCUT2D eigenvalue weighted by Crippen LogP contribution is -2.49. The highest BCUT2D eigenvalue weighted by Gasteiger charge is 2.24. The molecule has 0 aliphatic carbocycles. The number of rotatable bonds is 4. The molecule has 0 N–H and O–H groups in total. The fourth-order valence-corrected chi connectivity index (χ4v) is 3.69. The first kappa shape index (κ1) is 19.6. The molecular weight excluding hydrogens is 390 g/mol. The molecule has 0 spiro atoms. The number of carbonyl (C=O) groups excluding carboxylic acids is 1. The summed E-state index contributed by atoms with van der Waals surface area (Å²) in [6.07, 6.45) is 2.69. The van der Waals surface area contributed by atoms with E-state index in [2.05, 4.69) is 9.88 Å². The Hall–Kier alpha value is -2.70. The van der Waals surface area contributed by atoms with Crippen LogP contribution in [0, 0.1) is 6.92 Å². The Morgan fingerprint density at radius 3 is 2.69 bits per heavy atom. The maximum absolute atomic E-state index is 12.9. The molecule has 6 nitrogen and oxygen atoms in total. The molecule has 29 heavy (non-hydrogen) atoms. The zero-order valence-electron chi connectivity index (χ0n) is 16.2. The van der Waals surface area contributed by atoms with Gasteiger partial charge in [-0.3, -0.25) is 19.5 Å². The van der Waals surface area contributed by atoms with E-state index in [1.165, 1.54) is 6.07 Å². The topological polar surface area (TPSA) is 66.7 Å². The van der Waals surface area contributed by atoms with Gasteiger partial charge in [0.2, 0.25) is 0 Å². The number of aryl methyl sites for hydroxylation is 1. The number of piperazine rings is 1. The van der Waals surface area contributed by atoms with Crippen LogP contribution in [0.3, 0.4) is 0 Å². The van der Waals surface area contributed by atoms with Gasteiger partial charge in [0.1, 0.15) is 5.58 Å². The predicted molar refractivity (Wildman–Crippen MR) is 113 cm³/mol. The van der Waals surface area contributed by atoms with Gasteiger partial charge < -0.3 is 9.32 Å². The summed E-state index contributed by atoms with van der Waals surface area (Å²) >= 11 is 6.10. The van der Waals surface area contributed by atoms with Gasteiger partial charge in [0.25, 0.3) is 5.91 Å². The number of halogens is 1. The number of nitrogens with zero attached hydrogens (tertiary/aromatic N) is 3. The van der Waals surface area contributed by atoms with E-state index in [0.29, 0.717) is 29.1 Å². The zero-order valence-corrected chi connectivity index (χ0v) is 17.0. The van der Waals surface area contributed by atoms with Crippen LogP contribution in [-0.4, -0.2) is 53.4 Å². The maximum atomic E-state index is 12.9. The standard InChI is InChI=1S/C22H22ClN3O3/c1-15-12-20-17(13-18(15)23)19(27)14-21(29-20)22(28)26-10-8-25(9-11-26)7-5-16-4-2-3-6-24-16/h2-4,6,12-14H,5,7-11H2,1H3. The van der Waals surface area contributed by atoms with Crippen molar-refractivity contribution in [3.8, 4) is 0 Å². The molecular formula is C22H22ClN3O3. The molecule has 7 heteroatoms. The van der Waals surface area contributed by atoms with Gasteiger partial charge in [-0.25, -0.2) is 0 Å². The normalized spacial score (nSPS) is 15.0. The van der Waals surface area contributed by atoms with Gasteiger partial charge >= 0.3 is 0 Å². The first-order chi connectivity index (χ1) is 14.0. The highest BCUT2D eigenvalue weighted by molar-refractivity contribution is 6.32. The summed E-state index contributed by atoms with van der Waals surface area (Å²) in [7, 11) is 0. The first-order valence-corrected chi connectivity index (χ1v) is 10.0. The van der Waals surface area contributed by atoms with Gasteiger partial charge in [-0.2, -0.15) is 0 Å². The molecule has 3 aromatic rings. The van der Waals surface area contributed by atoms with Crippen LogP contribution in [-0.2, 0) is 6.42 Å². The van der Waals surface area contributed by atoms with E-state index in [-0.39, 0.29) is 17.1 Å². The van der Waals surface area contributed by atoms with Gasteiger partial charge in [-0.05, 0) is 36.8 Å². The van der Waals surface area contributed by atoms with Crippen LogP contribution in [0.25, 0.3) is 11.0 Å². The van der Waals surface area contributed by atoms with Crippen molar-refractivity contribution in [2.75, 3.05) is 32.7 Å². The largest absolute Gasteiger partial charge is 0.451 e. The molecule has 1 saturated heterocycles. The highest BCUT2D eigenvalue weighted by atomic mass is 35.5. The minimum atomic E-state index is -0.259. The Bertz CT molecular complexity index is 1090.